The fourth-order valence-corrected chi connectivity index (χ4v) is 2.35. The Bertz CT molecular complexity index is 577. The first-order chi connectivity index (χ1) is 9.69. The van der Waals surface area contributed by atoms with E-state index in [2.05, 4.69) is 11.9 Å². The van der Waals surface area contributed by atoms with Gasteiger partial charge in [0.25, 0.3) is 0 Å². The van der Waals surface area contributed by atoms with Gasteiger partial charge in [0.05, 0.1) is 0 Å². The van der Waals surface area contributed by atoms with Crippen LogP contribution in [0, 0.1) is 0 Å². The molecule has 4 heteroatoms. The minimum Gasteiger partial charge on any atom is -0.409 e. The second-order valence-electron chi connectivity index (χ2n) is 5.00. The first-order valence-corrected chi connectivity index (χ1v) is 7.56. The summed E-state index contributed by atoms with van der Waals surface area (Å²) in [5.41, 5.74) is 0.878. The van der Waals surface area contributed by atoms with E-state index >= 15 is 0 Å². The maximum Gasteiger partial charge on any atom is 0.312 e. The zero-order valence-corrected chi connectivity index (χ0v) is 12.5. The Kier molecular flexibility index (Phi) is 5.48. The van der Waals surface area contributed by atoms with Gasteiger partial charge in [-0.15, -0.1) is 0 Å². The van der Waals surface area contributed by atoms with Gasteiger partial charge in [-0.3, -0.25) is 4.79 Å². The molecule has 1 heterocycles. The summed E-state index contributed by atoms with van der Waals surface area (Å²) < 4.78 is 5.31. The number of esters is 1. The number of H-pyrrole nitrogens is 1. The Hall–Kier alpha value is -1.48. The van der Waals surface area contributed by atoms with Gasteiger partial charge in [0.15, 0.2) is 0 Å². The third-order valence-electron chi connectivity index (χ3n) is 3.27. The Morgan fingerprint density at radius 1 is 1.20 bits per heavy atom. The van der Waals surface area contributed by atoms with Crippen molar-refractivity contribution >= 4 is 28.5 Å². The summed E-state index contributed by atoms with van der Waals surface area (Å²) >= 11 is 5.92. The van der Waals surface area contributed by atoms with Crippen molar-refractivity contribution in [1.29, 1.82) is 0 Å². The lowest BCUT2D eigenvalue weighted by Gasteiger charge is -2.01. The molecule has 2 aromatic rings. The van der Waals surface area contributed by atoms with Gasteiger partial charge < -0.3 is 9.72 Å². The lowest BCUT2D eigenvalue weighted by molar-refractivity contribution is -0.134. The SMILES string of the molecule is CCCCCCCC(=O)Oc1cc2ccc(Cl)cc2[nH]1. The normalized spacial score (nSPS) is 10.9. The van der Waals surface area contributed by atoms with Gasteiger partial charge in [0, 0.05) is 28.4 Å². The molecular weight excluding hydrogens is 274 g/mol. The molecule has 2 rings (SSSR count). The van der Waals surface area contributed by atoms with Crippen LogP contribution in [0.15, 0.2) is 24.3 Å². The highest BCUT2D eigenvalue weighted by Gasteiger charge is 2.08. The Balaban J connectivity index is 1.83. The molecule has 0 atom stereocenters. The van der Waals surface area contributed by atoms with Crippen LogP contribution < -0.4 is 4.74 Å². The number of aromatic amines is 1. The number of aromatic nitrogens is 1. The fourth-order valence-electron chi connectivity index (χ4n) is 2.17. The van der Waals surface area contributed by atoms with Crippen LogP contribution in [0.25, 0.3) is 10.9 Å². The summed E-state index contributed by atoms with van der Waals surface area (Å²) in [6, 6.07) is 7.35. The van der Waals surface area contributed by atoms with Crippen molar-refractivity contribution in [2.75, 3.05) is 0 Å². The molecule has 0 amide bonds. The number of unbranched alkanes of at least 4 members (excludes halogenated alkanes) is 4. The van der Waals surface area contributed by atoms with E-state index in [1.54, 1.807) is 0 Å². The number of halogens is 1. The van der Waals surface area contributed by atoms with E-state index in [-0.39, 0.29) is 5.97 Å². The molecule has 0 aliphatic heterocycles. The summed E-state index contributed by atoms with van der Waals surface area (Å²) in [5, 5.41) is 1.65. The van der Waals surface area contributed by atoms with Crippen LogP contribution in [0.1, 0.15) is 45.4 Å². The van der Waals surface area contributed by atoms with Crippen LogP contribution in [0.4, 0.5) is 0 Å². The first kappa shape index (κ1) is 14.9. The summed E-state index contributed by atoms with van der Waals surface area (Å²) in [6.07, 6.45) is 6.09. The number of hydrogen-bond donors (Lipinski definition) is 1. The van der Waals surface area contributed by atoms with Crippen LogP contribution in [0.2, 0.25) is 5.02 Å². The minimum absolute atomic E-state index is 0.181. The quantitative estimate of drug-likeness (QED) is 0.571. The molecule has 20 heavy (non-hydrogen) atoms. The molecule has 1 aromatic carbocycles. The molecule has 0 unspecified atom stereocenters. The number of nitrogens with one attached hydrogen (secondary N) is 1. The average Bonchev–Trinajstić information content (AvgIpc) is 2.79. The van der Waals surface area contributed by atoms with Crippen LogP contribution in [-0.2, 0) is 4.79 Å². The first-order valence-electron chi connectivity index (χ1n) is 7.18. The maximum absolute atomic E-state index is 11.7. The average molecular weight is 294 g/mol. The van der Waals surface area contributed by atoms with Gasteiger partial charge in [0.1, 0.15) is 0 Å². The lowest BCUT2D eigenvalue weighted by atomic mass is 10.1. The van der Waals surface area contributed by atoms with Gasteiger partial charge in [0.2, 0.25) is 5.88 Å². The largest absolute Gasteiger partial charge is 0.409 e. The third-order valence-corrected chi connectivity index (χ3v) is 3.50. The van der Waals surface area contributed by atoms with Crippen LogP contribution in [0.5, 0.6) is 5.88 Å². The Morgan fingerprint density at radius 2 is 2.00 bits per heavy atom. The van der Waals surface area contributed by atoms with E-state index in [4.69, 9.17) is 16.3 Å². The summed E-state index contributed by atoms with van der Waals surface area (Å²) in [4.78, 5) is 14.8. The van der Waals surface area contributed by atoms with Crippen molar-refractivity contribution in [2.24, 2.45) is 0 Å². The van der Waals surface area contributed by atoms with Crippen molar-refractivity contribution < 1.29 is 9.53 Å². The third kappa shape index (κ3) is 4.27. The molecule has 0 aliphatic rings. The maximum atomic E-state index is 11.7. The number of ether oxygens (including phenoxy) is 1. The molecule has 0 saturated heterocycles. The highest BCUT2D eigenvalue weighted by molar-refractivity contribution is 6.31. The molecule has 0 saturated carbocycles. The molecule has 0 spiro atoms. The van der Waals surface area contributed by atoms with Crippen molar-refractivity contribution in [3.05, 3.63) is 29.3 Å². The zero-order chi connectivity index (χ0) is 14.4. The molecule has 0 radical (unpaired) electrons. The summed E-state index contributed by atoms with van der Waals surface area (Å²) in [5.74, 6) is 0.306. The predicted octanol–water partition coefficient (Wildman–Crippen LogP) is 5.09. The van der Waals surface area contributed by atoms with Gasteiger partial charge >= 0.3 is 5.97 Å². The Morgan fingerprint density at radius 3 is 2.80 bits per heavy atom. The van der Waals surface area contributed by atoms with Crippen LogP contribution in [0.3, 0.4) is 0 Å². The van der Waals surface area contributed by atoms with E-state index in [1.807, 2.05) is 24.3 Å². The standard InChI is InChI=1S/C16H20ClNO2/c1-2-3-4-5-6-7-16(19)20-15-10-12-8-9-13(17)11-14(12)18-15/h8-11,18H,2-7H2,1H3. The number of hydrogen-bond acceptors (Lipinski definition) is 2. The van der Waals surface area contributed by atoms with E-state index in [0.29, 0.717) is 17.3 Å². The number of rotatable bonds is 7. The van der Waals surface area contributed by atoms with Crippen LogP contribution in [-0.4, -0.2) is 11.0 Å². The Labute approximate surface area is 124 Å². The molecule has 108 valence electrons. The molecule has 1 N–H and O–H groups in total. The molecule has 0 bridgehead atoms. The zero-order valence-electron chi connectivity index (χ0n) is 11.7. The topological polar surface area (TPSA) is 42.1 Å². The minimum atomic E-state index is -0.181. The smallest absolute Gasteiger partial charge is 0.312 e. The van der Waals surface area contributed by atoms with Gasteiger partial charge in [-0.2, -0.15) is 0 Å². The monoisotopic (exact) mass is 293 g/mol. The highest BCUT2D eigenvalue weighted by atomic mass is 35.5. The van der Waals surface area contributed by atoms with E-state index in [9.17, 15) is 4.79 Å². The van der Waals surface area contributed by atoms with Crippen molar-refractivity contribution in [3.8, 4) is 5.88 Å². The van der Waals surface area contributed by atoms with Gasteiger partial charge in [-0.05, 0) is 18.6 Å². The van der Waals surface area contributed by atoms with Gasteiger partial charge in [-0.25, -0.2) is 0 Å². The van der Waals surface area contributed by atoms with Crippen molar-refractivity contribution in [3.63, 3.8) is 0 Å². The molecular formula is C16H20ClNO2. The molecule has 0 aliphatic carbocycles. The summed E-state index contributed by atoms with van der Waals surface area (Å²) in [6.45, 7) is 2.18. The second kappa shape index (κ2) is 7.34. The fraction of sp³-hybridized carbons (Fsp3) is 0.438. The lowest BCUT2D eigenvalue weighted by Crippen LogP contribution is -2.07. The highest BCUT2D eigenvalue weighted by Crippen LogP contribution is 2.23. The molecule has 1 aromatic heterocycles. The van der Waals surface area contributed by atoms with E-state index < -0.39 is 0 Å². The van der Waals surface area contributed by atoms with Gasteiger partial charge in [-0.1, -0.05) is 50.3 Å². The molecule has 0 fully saturated rings. The number of carbonyl (C=O) groups is 1. The van der Waals surface area contributed by atoms with Crippen molar-refractivity contribution in [2.45, 2.75) is 45.4 Å². The number of benzene rings is 1. The predicted molar refractivity (Wildman–Crippen MR) is 82.3 cm³/mol. The second-order valence-corrected chi connectivity index (χ2v) is 5.44. The number of fused-ring (bicyclic) bond motifs is 1. The number of carbonyl (C=O) groups excluding carboxylic acids is 1. The molecule has 3 nitrogen and oxygen atoms in total. The van der Waals surface area contributed by atoms with E-state index in [0.717, 1.165) is 23.7 Å². The summed E-state index contributed by atoms with van der Waals surface area (Å²) in [7, 11) is 0. The van der Waals surface area contributed by atoms with Crippen LogP contribution >= 0.6 is 11.6 Å². The van der Waals surface area contributed by atoms with E-state index in [1.165, 1.54) is 19.3 Å². The van der Waals surface area contributed by atoms with Crippen molar-refractivity contribution in [1.82, 2.24) is 4.98 Å².